The lowest BCUT2D eigenvalue weighted by molar-refractivity contribution is 0.145. The van der Waals surface area contributed by atoms with Crippen molar-refractivity contribution in [2.24, 2.45) is 5.11 Å². The number of rotatable bonds is 6. The van der Waals surface area contributed by atoms with Crippen molar-refractivity contribution in [1.29, 1.82) is 0 Å². The molecule has 1 atom stereocenters. The van der Waals surface area contributed by atoms with Gasteiger partial charge in [-0.3, -0.25) is 4.90 Å². The van der Waals surface area contributed by atoms with Crippen LogP contribution in [-0.4, -0.2) is 59.3 Å². The number of hydrogen-bond donors (Lipinski definition) is 0. The van der Waals surface area contributed by atoms with Crippen molar-refractivity contribution in [1.82, 2.24) is 19.9 Å². The molecule has 2 heterocycles. The van der Waals surface area contributed by atoms with Crippen LogP contribution in [0.4, 0.5) is 14.9 Å². The van der Waals surface area contributed by atoms with Crippen LogP contribution in [0.25, 0.3) is 16.1 Å². The van der Waals surface area contributed by atoms with Crippen molar-refractivity contribution < 1.29 is 13.9 Å². The van der Waals surface area contributed by atoms with Crippen molar-refractivity contribution >= 4 is 11.8 Å². The molecule has 0 bridgehead atoms. The fourth-order valence-electron chi connectivity index (χ4n) is 2.62. The zero-order valence-corrected chi connectivity index (χ0v) is 14.3. The molecule has 1 amide bonds. The number of amides is 1. The number of benzene rings is 1. The van der Waals surface area contributed by atoms with Crippen LogP contribution in [0.15, 0.2) is 29.5 Å². The number of ether oxygens (including phenoxy) is 1. The van der Waals surface area contributed by atoms with E-state index in [0.29, 0.717) is 17.9 Å². The van der Waals surface area contributed by atoms with Crippen LogP contribution in [0.5, 0.6) is 0 Å². The maximum absolute atomic E-state index is 14.5. The molecule has 0 saturated carbocycles. The summed E-state index contributed by atoms with van der Waals surface area (Å²) in [5.74, 6) is -0.546. The summed E-state index contributed by atoms with van der Waals surface area (Å²) in [5.41, 5.74) is 9.63. The van der Waals surface area contributed by atoms with E-state index in [1.807, 2.05) is 19.0 Å². The first-order valence-electron chi connectivity index (χ1n) is 7.83. The fourth-order valence-corrected chi connectivity index (χ4v) is 2.62. The molecule has 0 unspecified atom stereocenters. The smallest absolute Gasteiger partial charge is 0.414 e. The summed E-state index contributed by atoms with van der Waals surface area (Å²) in [6.45, 7) is 0.811. The second-order valence-corrected chi connectivity index (χ2v) is 6.06. The average molecular weight is 360 g/mol. The van der Waals surface area contributed by atoms with E-state index in [2.05, 4.69) is 20.3 Å². The minimum atomic E-state index is -0.607. The van der Waals surface area contributed by atoms with Crippen molar-refractivity contribution in [2.45, 2.75) is 12.6 Å². The van der Waals surface area contributed by atoms with Crippen LogP contribution in [0.1, 0.15) is 5.69 Å². The van der Waals surface area contributed by atoms with E-state index in [1.165, 1.54) is 21.7 Å². The van der Waals surface area contributed by atoms with Crippen LogP contribution in [0.3, 0.4) is 0 Å². The quantitative estimate of drug-likeness (QED) is 0.445. The number of hydrogen-bond acceptors (Lipinski definition) is 6. The Kier molecular flexibility index (Phi) is 5.01. The number of nitrogens with zero attached hydrogens (tertiary/aromatic N) is 8. The van der Waals surface area contributed by atoms with E-state index in [1.54, 1.807) is 12.3 Å². The average Bonchev–Trinajstić information content (AvgIpc) is 3.19. The molecule has 2 aromatic rings. The van der Waals surface area contributed by atoms with E-state index in [0.717, 1.165) is 0 Å². The van der Waals surface area contributed by atoms with Gasteiger partial charge in [0.25, 0.3) is 0 Å². The van der Waals surface area contributed by atoms with Crippen molar-refractivity contribution in [3.8, 4) is 5.69 Å². The predicted octanol–water partition coefficient (Wildman–Crippen LogP) is 2.10. The third-order valence-electron chi connectivity index (χ3n) is 3.73. The summed E-state index contributed by atoms with van der Waals surface area (Å²) < 4.78 is 21.0. The molecule has 1 aliphatic rings. The predicted molar refractivity (Wildman–Crippen MR) is 90.3 cm³/mol. The highest BCUT2D eigenvalue weighted by molar-refractivity contribution is 5.89. The lowest BCUT2D eigenvalue weighted by atomic mass is 10.2. The van der Waals surface area contributed by atoms with Gasteiger partial charge >= 0.3 is 6.09 Å². The Bertz CT molecular complexity index is 861. The Morgan fingerprint density at radius 3 is 3.00 bits per heavy atom. The summed E-state index contributed by atoms with van der Waals surface area (Å²) in [6.07, 6.45) is 0.493. The lowest BCUT2D eigenvalue weighted by Gasteiger charge is -2.14. The molecule has 136 valence electrons. The third-order valence-corrected chi connectivity index (χ3v) is 3.73. The molecule has 0 aliphatic carbocycles. The van der Waals surface area contributed by atoms with Gasteiger partial charge in [0.15, 0.2) is 5.82 Å². The van der Waals surface area contributed by atoms with Crippen molar-refractivity contribution in [2.75, 3.05) is 32.1 Å². The molecule has 1 aromatic heterocycles. The topological polar surface area (TPSA) is 112 Å². The molecular formula is C15H17FN8O2. The summed E-state index contributed by atoms with van der Waals surface area (Å²) in [4.78, 5) is 17.8. The van der Waals surface area contributed by atoms with Crippen LogP contribution in [-0.2, 0) is 11.3 Å². The van der Waals surface area contributed by atoms with E-state index >= 15 is 0 Å². The minimum Gasteiger partial charge on any atom is -0.444 e. The first-order chi connectivity index (χ1) is 12.5. The number of cyclic esters (lactones) is 1. The van der Waals surface area contributed by atoms with Gasteiger partial charge in [-0.25, -0.2) is 13.9 Å². The summed E-state index contributed by atoms with van der Waals surface area (Å²) in [6, 6.07) is 4.36. The second kappa shape index (κ2) is 7.38. The third kappa shape index (κ3) is 3.73. The zero-order chi connectivity index (χ0) is 18.7. The van der Waals surface area contributed by atoms with Crippen LogP contribution in [0, 0.1) is 5.82 Å². The molecule has 3 rings (SSSR count). The summed E-state index contributed by atoms with van der Waals surface area (Å²) in [5, 5.41) is 11.3. The largest absolute Gasteiger partial charge is 0.444 e. The SMILES string of the molecule is CN(C)Cc1cn(-c2ccc(N3C[C@H](CN=[N+]=[N-])OC3=O)cc2F)nn1. The maximum Gasteiger partial charge on any atom is 0.414 e. The van der Waals surface area contributed by atoms with Gasteiger partial charge in [0.05, 0.1) is 30.7 Å². The molecule has 10 nitrogen and oxygen atoms in total. The van der Waals surface area contributed by atoms with Gasteiger partial charge in [-0.1, -0.05) is 10.3 Å². The normalized spacial score (nSPS) is 16.7. The first-order valence-corrected chi connectivity index (χ1v) is 7.83. The van der Waals surface area contributed by atoms with Crippen LogP contribution >= 0.6 is 0 Å². The Morgan fingerprint density at radius 1 is 1.50 bits per heavy atom. The van der Waals surface area contributed by atoms with E-state index in [-0.39, 0.29) is 18.8 Å². The molecule has 1 saturated heterocycles. The lowest BCUT2D eigenvalue weighted by Crippen LogP contribution is -2.25. The molecule has 0 spiro atoms. The van der Waals surface area contributed by atoms with E-state index in [9.17, 15) is 9.18 Å². The molecule has 11 heteroatoms. The Labute approximate surface area is 148 Å². The van der Waals surface area contributed by atoms with Crippen molar-refractivity contribution in [3.05, 3.63) is 46.3 Å². The summed E-state index contributed by atoms with van der Waals surface area (Å²) >= 11 is 0. The van der Waals surface area contributed by atoms with E-state index < -0.39 is 18.0 Å². The highest BCUT2D eigenvalue weighted by Crippen LogP contribution is 2.25. The zero-order valence-electron chi connectivity index (χ0n) is 14.3. The first kappa shape index (κ1) is 17.6. The monoisotopic (exact) mass is 360 g/mol. The van der Waals surface area contributed by atoms with Crippen LogP contribution < -0.4 is 4.90 Å². The number of carbonyl (C=O) groups is 1. The van der Waals surface area contributed by atoms with Crippen molar-refractivity contribution in [3.63, 3.8) is 0 Å². The van der Waals surface area contributed by atoms with Gasteiger partial charge in [-0.2, -0.15) is 0 Å². The minimum absolute atomic E-state index is 0.0346. The van der Waals surface area contributed by atoms with Gasteiger partial charge in [-0.15, -0.1) is 5.10 Å². The van der Waals surface area contributed by atoms with Gasteiger partial charge in [-0.05, 0) is 37.8 Å². The summed E-state index contributed by atoms with van der Waals surface area (Å²) in [7, 11) is 3.80. The number of azide groups is 1. The molecule has 0 N–H and O–H groups in total. The van der Waals surface area contributed by atoms with Gasteiger partial charge < -0.3 is 9.64 Å². The second-order valence-electron chi connectivity index (χ2n) is 6.06. The van der Waals surface area contributed by atoms with Gasteiger partial charge in [0.2, 0.25) is 0 Å². The molecule has 26 heavy (non-hydrogen) atoms. The fraction of sp³-hybridized carbons (Fsp3) is 0.400. The maximum atomic E-state index is 14.5. The number of aromatic nitrogens is 3. The Morgan fingerprint density at radius 2 is 2.31 bits per heavy atom. The van der Waals surface area contributed by atoms with Gasteiger partial charge in [0, 0.05) is 11.5 Å². The molecule has 1 fully saturated rings. The van der Waals surface area contributed by atoms with Gasteiger partial charge in [0.1, 0.15) is 11.8 Å². The molecular weight excluding hydrogens is 343 g/mol. The molecule has 1 aliphatic heterocycles. The number of anilines is 1. The molecule has 1 aromatic carbocycles. The number of carbonyl (C=O) groups excluding carboxylic acids is 1. The van der Waals surface area contributed by atoms with E-state index in [4.69, 9.17) is 10.3 Å². The molecule has 0 radical (unpaired) electrons. The highest BCUT2D eigenvalue weighted by Gasteiger charge is 2.32. The highest BCUT2D eigenvalue weighted by atomic mass is 19.1. The Balaban J connectivity index is 1.78. The number of halogens is 1. The standard InChI is InChI=1S/C15H17FN8O2/c1-22(2)7-10-8-24(21-19-10)14-4-3-11(5-13(14)16)23-9-12(6-18-20-17)26-15(23)25/h3-5,8,12H,6-7,9H2,1-2H3/t12-/m0/s1. The van der Waals surface area contributed by atoms with Crippen LogP contribution in [0.2, 0.25) is 0 Å². The Hall–Kier alpha value is -3.17.